The van der Waals surface area contributed by atoms with Gasteiger partial charge in [0.15, 0.2) is 0 Å². The molecule has 5 heteroatoms. The van der Waals surface area contributed by atoms with Crippen LogP contribution in [0.15, 0.2) is 24.8 Å². The molecule has 0 amide bonds. The second-order valence-corrected chi connectivity index (χ2v) is 5.20. The summed E-state index contributed by atoms with van der Waals surface area (Å²) in [6.45, 7) is 5.07. The number of aromatic nitrogens is 4. The molecule has 3 rings (SSSR count). The third-order valence-electron chi connectivity index (χ3n) is 3.63. The van der Waals surface area contributed by atoms with E-state index in [-0.39, 0.29) is 0 Å². The first-order chi connectivity index (χ1) is 9.31. The van der Waals surface area contributed by atoms with Gasteiger partial charge < -0.3 is 4.98 Å². The smallest absolute Gasteiger partial charge is 0.120 e. The van der Waals surface area contributed by atoms with Gasteiger partial charge in [-0.3, -0.25) is 14.9 Å². The molecule has 19 heavy (non-hydrogen) atoms. The van der Waals surface area contributed by atoms with Crippen LogP contribution in [0, 0.1) is 6.92 Å². The fourth-order valence-electron chi connectivity index (χ4n) is 2.72. The number of likely N-dealkylation sites (tertiary alicyclic amines) is 1. The standard InChI is InChI=1S/C14H19N5/c1-11-7-15-8-13(18-11)12-3-2-6-19(9-12)10-14-16-4-5-17-14/h4-5,7-8,12H,2-3,6,9-10H2,1H3,(H,16,17)/t12-/m1/s1. The normalized spacial score (nSPS) is 20.6. The molecule has 1 N–H and O–H groups in total. The summed E-state index contributed by atoms with van der Waals surface area (Å²) in [6.07, 6.45) is 9.82. The highest BCUT2D eigenvalue weighted by Crippen LogP contribution is 2.25. The molecule has 100 valence electrons. The van der Waals surface area contributed by atoms with Gasteiger partial charge >= 0.3 is 0 Å². The van der Waals surface area contributed by atoms with E-state index in [2.05, 4.69) is 24.8 Å². The molecule has 1 fully saturated rings. The Balaban J connectivity index is 1.67. The van der Waals surface area contributed by atoms with Crippen molar-refractivity contribution in [3.8, 4) is 0 Å². The van der Waals surface area contributed by atoms with Gasteiger partial charge in [-0.05, 0) is 26.3 Å². The summed E-state index contributed by atoms with van der Waals surface area (Å²) < 4.78 is 0. The van der Waals surface area contributed by atoms with Gasteiger partial charge in [-0.2, -0.15) is 0 Å². The third-order valence-corrected chi connectivity index (χ3v) is 3.63. The molecule has 0 bridgehead atoms. The zero-order valence-electron chi connectivity index (χ0n) is 11.2. The van der Waals surface area contributed by atoms with Crippen LogP contribution in [-0.2, 0) is 6.54 Å². The van der Waals surface area contributed by atoms with Gasteiger partial charge in [0.1, 0.15) is 5.82 Å². The Labute approximate surface area is 113 Å². The lowest BCUT2D eigenvalue weighted by molar-refractivity contribution is 0.194. The Hall–Kier alpha value is -1.75. The Morgan fingerprint density at radius 2 is 2.37 bits per heavy atom. The van der Waals surface area contributed by atoms with Crippen LogP contribution < -0.4 is 0 Å². The minimum absolute atomic E-state index is 0.496. The van der Waals surface area contributed by atoms with E-state index in [0.29, 0.717) is 5.92 Å². The van der Waals surface area contributed by atoms with Crippen molar-refractivity contribution in [3.05, 3.63) is 42.0 Å². The van der Waals surface area contributed by atoms with Gasteiger partial charge in [0.25, 0.3) is 0 Å². The van der Waals surface area contributed by atoms with E-state index in [1.54, 1.807) is 0 Å². The zero-order chi connectivity index (χ0) is 13.1. The summed E-state index contributed by atoms with van der Waals surface area (Å²) in [4.78, 5) is 18.8. The van der Waals surface area contributed by atoms with Crippen LogP contribution in [0.1, 0.15) is 36.0 Å². The predicted molar refractivity (Wildman–Crippen MR) is 72.6 cm³/mol. The highest BCUT2D eigenvalue weighted by Gasteiger charge is 2.23. The van der Waals surface area contributed by atoms with Crippen LogP contribution in [0.5, 0.6) is 0 Å². The van der Waals surface area contributed by atoms with E-state index in [0.717, 1.165) is 36.8 Å². The molecule has 0 radical (unpaired) electrons. The summed E-state index contributed by atoms with van der Waals surface area (Å²) in [5.41, 5.74) is 2.13. The maximum absolute atomic E-state index is 4.62. The average Bonchev–Trinajstić information content (AvgIpc) is 2.92. The molecule has 0 unspecified atom stereocenters. The maximum Gasteiger partial charge on any atom is 0.120 e. The molecule has 3 heterocycles. The van der Waals surface area contributed by atoms with Gasteiger partial charge in [-0.15, -0.1) is 0 Å². The van der Waals surface area contributed by atoms with Crippen LogP contribution in [-0.4, -0.2) is 37.9 Å². The molecule has 1 saturated heterocycles. The molecule has 2 aromatic heterocycles. The van der Waals surface area contributed by atoms with Crippen molar-refractivity contribution >= 4 is 0 Å². The summed E-state index contributed by atoms with van der Waals surface area (Å²) in [5, 5.41) is 0. The van der Waals surface area contributed by atoms with Crippen molar-refractivity contribution in [2.45, 2.75) is 32.2 Å². The highest BCUT2D eigenvalue weighted by atomic mass is 15.2. The molecule has 2 aromatic rings. The summed E-state index contributed by atoms with van der Waals surface area (Å²) >= 11 is 0. The minimum atomic E-state index is 0.496. The van der Waals surface area contributed by atoms with Crippen molar-refractivity contribution in [2.24, 2.45) is 0 Å². The van der Waals surface area contributed by atoms with Crippen molar-refractivity contribution < 1.29 is 0 Å². The fourth-order valence-corrected chi connectivity index (χ4v) is 2.72. The van der Waals surface area contributed by atoms with Gasteiger partial charge in [0.2, 0.25) is 0 Å². The molecule has 5 nitrogen and oxygen atoms in total. The quantitative estimate of drug-likeness (QED) is 0.912. The number of nitrogens with zero attached hydrogens (tertiary/aromatic N) is 4. The van der Waals surface area contributed by atoms with Crippen molar-refractivity contribution in [2.75, 3.05) is 13.1 Å². The monoisotopic (exact) mass is 257 g/mol. The lowest BCUT2D eigenvalue weighted by Gasteiger charge is -2.31. The molecular formula is C14H19N5. The minimum Gasteiger partial charge on any atom is -0.348 e. The number of rotatable bonds is 3. The second kappa shape index (κ2) is 5.48. The van der Waals surface area contributed by atoms with Crippen LogP contribution in [0.3, 0.4) is 0 Å². The number of hydrogen-bond donors (Lipinski definition) is 1. The Morgan fingerprint density at radius 1 is 1.42 bits per heavy atom. The van der Waals surface area contributed by atoms with Crippen molar-refractivity contribution in [1.29, 1.82) is 0 Å². The summed E-state index contributed by atoms with van der Waals surface area (Å²) in [5.74, 6) is 1.53. The fraction of sp³-hybridized carbons (Fsp3) is 0.500. The number of piperidine rings is 1. The van der Waals surface area contributed by atoms with Crippen LogP contribution in [0.25, 0.3) is 0 Å². The largest absolute Gasteiger partial charge is 0.348 e. The Morgan fingerprint density at radius 3 is 3.16 bits per heavy atom. The molecular weight excluding hydrogens is 238 g/mol. The average molecular weight is 257 g/mol. The van der Waals surface area contributed by atoms with Crippen molar-refractivity contribution in [1.82, 2.24) is 24.8 Å². The number of aryl methyl sites for hydroxylation is 1. The second-order valence-electron chi connectivity index (χ2n) is 5.20. The first-order valence-corrected chi connectivity index (χ1v) is 6.80. The van der Waals surface area contributed by atoms with Gasteiger partial charge in [-0.1, -0.05) is 0 Å². The topological polar surface area (TPSA) is 57.7 Å². The predicted octanol–water partition coefficient (Wildman–Crippen LogP) is 1.89. The molecule has 0 spiro atoms. The van der Waals surface area contributed by atoms with Crippen LogP contribution in [0.4, 0.5) is 0 Å². The summed E-state index contributed by atoms with van der Waals surface area (Å²) in [7, 11) is 0. The van der Waals surface area contributed by atoms with E-state index in [1.807, 2.05) is 31.7 Å². The van der Waals surface area contributed by atoms with E-state index in [9.17, 15) is 0 Å². The number of hydrogen-bond acceptors (Lipinski definition) is 4. The number of nitrogens with one attached hydrogen (secondary N) is 1. The Kier molecular flexibility index (Phi) is 3.55. The SMILES string of the molecule is Cc1cncc([C@@H]2CCCN(Cc3ncc[nH]3)C2)n1. The van der Waals surface area contributed by atoms with Crippen LogP contribution in [0.2, 0.25) is 0 Å². The molecule has 0 saturated carbocycles. The van der Waals surface area contributed by atoms with E-state index in [1.165, 1.54) is 12.8 Å². The van der Waals surface area contributed by atoms with Crippen molar-refractivity contribution in [3.63, 3.8) is 0 Å². The lowest BCUT2D eigenvalue weighted by atomic mass is 9.95. The third kappa shape index (κ3) is 2.98. The molecule has 1 aliphatic heterocycles. The Bertz CT molecular complexity index is 522. The van der Waals surface area contributed by atoms with Gasteiger partial charge in [0.05, 0.1) is 17.9 Å². The molecule has 1 aliphatic rings. The van der Waals surface area contributed by atoms with Gasteiger partial charge in [-0.25, -0.2) is 4.98 Å². The van der Waals surface area contributed by atoms with E-state index >= 15 is 0 Å². The maximum atomic E-state index is 4.62. The molecule has 0 aromatic carbocycles. The first kappa shape index (κ1) is 12.3. The number of imidazole rings is 1. The molecule has 1 atom stereocenters. The number of aromatic amines is 1. The van der Waals surface area contributed by atoms with E-state index in [4.69, 9.17) is 0 Å². The van der Waals surface area contributed by atoms with Crippen LogP contribution >= 0.6 is 0 Å². The number of H-pyrrole nitrogens is 1. The lowest BCUT2D eigenvalue weighted by Crippen LogP contribution is -2.34. The van der Waals surface area contributed by atoms with Gasteiger partial charge in [0, 0.05) is 37.3 Å². The summed E-state index contributed by atoms with van der Waals surface area (Å²) in [6, 6.07) is 0. The molecule has 0 aliphatic carbocycles. The highest BCUT2D eigenvalue weighted by molar-refractivity contribution is 5.09. The van der Waals surface area contributed by atoms with E-state index < -0.39 is 0 Å². The zero-order valence-corrected chi connectivity index (χ0v) is 11.2. The first-order valence-electron chi connectivity index (χ1n) is 6.80.